The molecule has 1 amide bonds. The summed E-state index contributed by atoms with van der Waals surface area (Å²) in [5, 5.41) is 2.56. The molecule has 0 fully saturated rings. The zero-order chi connectivity index (χ0) is 13.1. The molecular weight excluding hydrogens is 240 g/mol. The molecule has 94 valence electrons. The number of hydrogen-bond acceptors (Lipinski definition) is 5. The van der Waals surface area contributed by atoms with Crippen molar-refractivity contribution in [1.29, 1.82) is 0 Å². The molecule has 1 aromatic heterocycles. The van der Waals surface area contributed by atoms with Crippen LogP contribution in [-0.4, -0.2) is 28.5 Å². The number of nitrogens with one attached hydrogen (secondary N) is 1. The fourth-order valence-corrected chi connectivity index (χ4v) is 1.57. The number of ether oxygens (including phenoxy) is 1. The van der Waals surface area contributed by atoms with Crippen molar-refractivity contribution >= 4 is 23.2 Å². The average molecular weight is 256 g/mol. The van der Waals surface area contributed by atoms with Crippen LogP contribution >= 0.6 is 11.3 Å². The fourth-order valence-electron chi connectivity index (χ4n) is 1.04. The smallest absolute Gasteiger partial charge is 0.328 e. The number of hydrogen-bond donors (Lipinski definition) is 1. The predicted octanol–water partition coefficient (Wildman–Crippen LogP) is 1.60. The van der Waals surface area contributed by atoms with Gasteiger partial charge in [0.15, 0.2) is 0 Å². The summed E-state index contributed by atoms with van der Waals surface area (Å²) in [5.74, 6) is -0.763. The van der Waals surface area contributed by atoms with Crippen LogP contribution in [0.2, 0.25) is 0 Å². The molecule has 0 unspecified atom stereocenters. The third-order valence-corrected chi connectivity index (χ3v) is 2.54. The summed E-state index contributed by atoms with van der Waals surface area (Å²) in [6, 6.07) is -0.677. The van der Waals surface area contributed by atoms with Gasteiger partial charge in [-0.15, -0.1) is 11.3 Å². The molecule has 1 aromatic rings. The highest BCUT2D eigenvalue weighted by Crippen LogP contribution is 2.09. The Kier molecular flexibility index (Phi) is 4.22. The van der Waals surface area contributed by atoms with Crippen LogP contribution in [0, 0.1) is 0 Å². The van der Waals surface area contributed by atoms with Crippen molar-refractivity contribution in [1.82, 2.24) is 10.3 Å². The number of amides is 1. The summed E-state index contributed by atoms with van der Waals surface area (Å²) in [7, 11) is 0. The standard InChI is InChI=1S/C11H16N2O3S/c1-7(10(15)16-11(2,3)4)13-9(14)8-5-12-6-17-8/h5-7H,1-4H3,(H,13,14)/t7-/m0/s1. The number of esters is 1. The van der Waals surface area contributed by atoms with Crippen LogP contribution in [-0.2, 0) is 9.53 Å². The van der Waals surface area contributed by atoms with Crippen LogP contribution in [0.4, 0.5) is 0 Å². The second-order valence-electron chi connectivity index (χ2n) is 4.59. The second-order valence-corrected chi connectivity index (χ2v) is 5.48. The molecule has 5 nitrogen and oxygen atoms in total. The molecule has 6 heteroatoms. The van der Waals surface area contributed by atoms with Crippen LogP contribution in [0.15, 0.2) is 11.7 Å². The largest absolute Gasteiger partial charge is 0.458 e. The van der Waals surface area contributed by atoms with Gasteiger partial charge in [0, 0.05) is 0 Å². The van der Waals surface area contributed by atoms with Crippen molar-refractivity contribution in [2.24, 2.45) is 0 Å². The fraction of sp³-hybridized carbons (Fsp3) is 0.545. The van der Waals surface area contributed by atoms with E-state index in [0.29, 0.717) is 4.88 Å². The van der Waals surface area contributed by atoms with Gasteiger partial charge in [0.25, 0.3) is 5.91 Å². The Morgan fingerprint density at radius 1 is 1.47 bits per heavy atom. The second kappa shape index (κ2) is 5.27. The summed E-state index contributed by atoms with van der Waals surface area (Å²) < 4.78 is 5.15. The summed E-state index contributed by atoms with van der Waals surface area (Å²) in [6.45, 7) is 6.93. The van der Waals surface area contributed by atoms with Crippen LogP contribution < -0.4 is 5.32 Å². The van der Waals surface area contributed by atoms with Gasteiger partial charge >= 0.3 is 5.97 Å². The van der Waals surface area contributed by atoms with E-state index in [-0.39, 0.29) is 5.91 Å². The van der Waals surface area contributed by atoms with Crippen LogP contribution in [0.5, 0.6) is 0 Å². The van der Waals surface area contributed by atoms with E-state index in [1.54, 1.807) is 33.2 Å². The first kappa shape index (κ1) is 13.6. The monoisotopic (exact) mass is 256 g/mol. The number of carbonyl (C=O) groups excluding carboxylic acids is 2. The lowest BCUT2D eigenvalue weighted by atomic mass is 10.2. The molecule has 1 heterocycles. The molecular formula is C11H16N2O3S. The zero-order valence-corrected chi connectivity index (χ0v) is 11.1. The SMILES string of the molecule is C[C@H](NC(=O)c1cncs1)C(=O)OC(C)(C)C. The van der Waals surface area contributed by atoms with Gasteiger partial charge in [-0.25, -0.2) is 4.79 Å². The lowest BCUT2D eigenvalue weighted by Gasteiger charge is -2.22. The quantitative estimate of drug-likeness (QED) is 0.834. The first-order valence-electron chi connectivity index (χ1n) is 5.22. The van der Waals surface area contributed by atoms with Crippen LogP contribution in [0.3, 0.4) is 0 Å². The van der Waals surface area contributed by atoms with Crippen molar-refractivity contribution in [3.63, 3.8) is 0 Å². The molecule has 1 rings (SSSR count). The minimum Gasteiger partial charge on any atom is -0.458 e. The number of nitrogens with zero attached hydrogens (tertiary/aromatic N) is 1. The van der Waals surface area contributed by atoms with E-state index in [2.05, 4.69) is 10.3 Å². The maximum Gasteiger partial charge on any atom is 0.328 e. The number of carbonyl (C=O) groups is 2. The minimum absolute atomic E-state index is 0.314. The molecule has 0 radical (unpaired) electrons. The molecule has 0 aliphatic rings. The van der Waals surface area contributed by atoms with Crippen LogP contribution in [0.1, 0.15) is 37.4 Å². The lowest BCUT2D eigenvalue weighted by molar-refractivity contribution is -0.156. The van der Waals surface area contributed by atoms with E-state index < -0.39 is 17.6 Å². The van der Waals surface area contributed by atoms with Gasteiger partial charge in [0.1, 0.15) is 16.5 Å². The highest BCUT2D eigenvalue weighted by molar-refractivity contribution is 7.11. The summed E-state index contributed by atoms with van der Waals surface area (Å²) in [6.07, 6.45) is 1.46. The summed E-state index contributed by atoms with van der Waals surface area (Å²) in [4.78, 5) is 27.5. The number of thiazole rings is 1. The molecule has 1 N–H and O–H groups in total. The topological polar surface area (TPSA) is 68.3 Å². The zero-order valence-electron chi connectivity index (χ0n) is 10.3. The van der Waals surface area contributed by atoms with Crippen molar-refractivity contribution in [3.05, 3.63) is 16.6 Å². The van der Waals surface area contributed by atoms with E-state index >= 15 is 0 Å². The van der Waals surface area contributed by atoms with E-state index in [1.165, 1.54) is 17.5 Å². The maximum atomic E-state index is 11.6. The molecule has 0 saturated heterocycles. The number of aromatic nitrogens is 1. The third kappa shape index (κ3) is 4.52. The lowest BCUT2D eigenvalue weighted by Crippen LogP contribution is -2.42. The van der Waals surface area contributed by atoms with Gasteiger partial charge in [0.05, 0.1) is 11.7 Å². The first-order valence-corrected chi connectivity index (χ1v) is 6.10. The van der Waals surface area contributed by atoms with Crippen molar-refractivity contribution in [2.75, 3.05) is 0 Å². The number of rotatable bonds is 3. The highest BCUT2D eigenvalue weighted by atomic mass is 32.1. The van der Waals surface area contributed by atoms with Gasteiger partial charge in [-0.2, -0.15) is 0 Å². The van der Waals surface area contributed by atoms with Gasteiger partial charge in [-0.1, -0.05) is 0 Å². The van der Waals surface area contributed by atoms with Crippen molar-refractivity contribution < 1.29 is 14.3 Å². The molecule has 0 aromatic carbocycles. The average Bonchev–Trinajstić information content (AvgIpc) is 2.67. The van der Waals surface area contributed by atoms with Gasteiger partial charge in [0.2, 0.25) is 0 Å². The first-order chi connectivity index (χ1) is 7.79. The van der Waals surface area contributed by atoms with Gasteiger partial charge in [-0.3, -0.25) is 9.78 Å². The van der Waals surface area contributed by atoms with Gasteiger partial charge < -0.3 is 10.1 Å². The Morgan fingerprint density at radius 3 is 2.59 bits per heavy atom. The van der Waals surface area contributed by atoms with E-state index in [0.717, 1.165) is 0 Å². The molecule has 1 atom stereocenters. The van der Waals surface area contributed by atoms with Crippen LogP contribution in [0.25, 0.3) is 0 Å². The van der Waals surface area contributed by atoms with Crippen molar-refractivity contribution in [3.8, 4) is 0 Å². The molecule has 0 spiro atoms. The third-order valence-electron chi connectivity index (χ3n) is 1.76. The Labute approximate surface area is 104 Å². The van der Waals surface area contributed by atoms with E-state index in [1.807, 2.05) is 0 Å². The normalized spacial score (nSPS) is 12.9. The molecule has 0 aliphatic heterocycles. The van der Waals surface area contributed by atoms with E-state index in [9.17, 15) is 9.59 Å². The highest BCUT2D eigenvalue weighted by Gasteiger charge is 2.23. The Morgan fingerprint density at radius 2 is 2.12 bits per heavy atom. The van der Waals surface area contributed by atoms with Crippen molar-refractivity contribution in [2.45, 2.75) is 39.3 Å². The summed E-state index contributed by atoms with van der Waals surface area (Å²) in [5.41, 5.74) is 1.01. The minimum atomic E-state index is -0.677. The Balaban J connectivity index is 2.52. The molecule has 17 heavy (non-hydrogen) atoms. The molecule has 0 bridgehead atoms. The maximum absolute atomic E-state index is 11.6. The summed E-state index contributed by atoms with van der Waals surface area (Å²) >= 11 is 1.22. The predicted molar refractivity (Wildman–Crippen MR) is 64.9 cm³/mol. The van der Waals surface area contributed by atoms with Gasteiger partial charge in [-0.05, 0) is 27.7 Å². The Hall–Kier alpha value is -1.43. The molecule has 0 aliphatic carbocycles. The van der Waals surface area contributed by atoms with E-state index in [4.69, 9.17) is 4.74 Å². The molecule has 0 saturated carbocycles. The Bertz CT molecular complexity index is 395.